The molecule has 1 heterocycles. The Morgan fingerprint density at radius 2 is 2.10 bits per heavy atom. The zero-order chi connectivity index (χ0) is 14.3. The number of carbonyl (C=O) groups excluding carboxylic acids is 1. The van der Waals surface area contributed by atoms with E-state index in [1.807, 2.05) is 0 Å². The third-order valence-electron chi connectivity index (χ3n) is 4.15. The Balaban J connectivity index is 1.78. The molecule has 2 unspecified atom stereocenters. The Labute approximate surface area is 118 Å². The first-order valence-electron chi connectivity index (χ1n) is 6.88. The van der Waals surface area contributed by atoms with Crippen LogP contribution in [0.5, 0.6) is 0 Å². The van der Waals surface area contributed by atoms with E-state index in [-0.39, 0.29) is 23.6 Å². The van der Waals surface area contributed by atoms with Crippen molar-refractivity contribution >= 4 is 21.4 Å². The van der Waals surface area contributed by atoms with E-state index in [4.69, 9.17) is 5.73 Å². The molecule has 0 spiro atoms. The number of benzene rings is 1. The summed E-state index contributed by atoms with van der Waals surface area (Å²) < 4.78 is 23.7. The van der Waals surface area contributed by atoms with Crippen LogP contribution in [0.25, 0.3) is 0 Å². The smallest absolute Gasteiger partial charge is 0.227 e. The lowest BCUT2D eigenvalue weighted by Crippen LogP contribution is -2.23. The lowest BCUT2D eigenvalue weighted by molar-refractivity contribution is -0.119. The van der Waals surface area contributed by atoms with Crippen molar-refractivity contribution in [3.63, 3.8) is 0 Å². The van der Waals surface area contributed by atoms with Gasteiger partial charge >= 0.3 is 0 Å². The van der Waals surface area contributed by atoms with E-state index in [9.17, 15) is 13.2 Å². The van der Waals surface area contributed by atoms with E-state index in [2.05, 4.69) is 5.32 Å². The second kappa shape index (κ2) is 4.86. The number of sulfone groups is 1. The van der Waals surface area contributed by atoms with Crippen molar-refractivity contribution in [2.75, 3.05) is 11.1 Å². The zero-order valence-corrected chi connectivity index (χ0v) is 11.9. The van der Waals surface area contributed by atoms with Crippen LogP contribution in [0.1, 0.15) is 24.8 Å². The molecule has 6 heteroatoms. The monoisotopic (exact) mass is 294 g/mol. The molecule has 0 bridgehead atoms. The molecule has 1 aromatic carbocycles. The number of carbonyl (C=O) groups is 1. The standard InChI is InChI=1S/C14H18N2O3S/c15-11-3-1-10(7-11)14(17)16-12-4-2-9-5-6-20(18,19)13(9)8-12/h2,4,8,10-11H,1,3,5-7,15H2,(H,16,17). The number of amides is 1. The number of anilines is 1. The molecule has 0 aromatic heterocycles. The van der Waals surface area contributed by atoms with Gasteiger partial charge in [0.1, 0.15) is 0 Å². The molecule has 5 nitrogen and oxygen atoms in total. The molecule has 3 N–H and O–H groups in total. The average Bonchev–Trinajstić information content (AvgIpc) is 2.95. The normalized spacial score (nSPS) is 27.2. The minimum absolute atomic E-state index is 0.0603. The highest BCUT2D eigenvalue weighted by Crippen LogP contribution is 2.30. The highest BCUT2D eigenvalue weighted by Gasteiger charge is 2.29. The van der Waals surface area contributed by atoms with Gasteiger partial charge in [0.25, 0.3) is 0 Å². The first-order chi connectivity index (χ1) is 9.45. The molecular weight excluding hydrogens is 276 g/mol. The molecule has 1 amide bonds. The van der Waals surface area contributed by atoms with Crippen LogP contribution in [-0.2, 0) is 21.1 Å². The van der Waals surface area contributed by atoms with E-state index in [0.29, 0.717) is 23.4 Å². The van der Waals surface area contributed by atoms with Gasteiger partial charge in [0, 0.05) is 17.6 Å². The summed E-state index contributed by atoms with van der Waals surface area (Å²) in [4.78, 5) is 12.5. The van der Waals surface area contributed by atoms with Crippen molar-refractivity contribution in [2.24, 2.45) is 11.7 Å². The SMILES string of the molecule is NC1CCC(C(=O)Nc2ccc3c(c2)S(=O)(=O)CC3)C1. The number of hydrogen-bond acceptors (Lipinski definition) is 4. The van der Waals surface area contributed by atoms with Crippen molar-refractivity contribution in [2.45, 2.75) is 36.6 Å². The van der Waals surface area contributed by atoms with Gasteiger partial charge in [0.15, 0.2) is 9.84 Å². The molecular formula is C14H18N2O3S. The van der Waals surface area contributed by atoms with Gasteiger partial charge in [-0.05, 0) is 43.4 Å². The van der Waals surface area contributed by atoms with Crippen LogP contribution < -0.4 is 11.1 Å². The summed E-state index contributed by atoms with van der Waals surface area (Å²) in [7, 11) is -3.16. The Morgan fingerprint density at radius 1 is 1.30 bits per heavy atom. The van der Waals surface area contributed by atoms with Crippen molar-refractivity contribution in [3.05, 3.63) is 23.8 Å². The number of nitrogens with two attached hydrogens (primary N) is 1. The molecule has 1 fully saturated rings. The largest absolute Gasteiger partial charge is 0.328 e. The molecule has 1 saturated carbocycles. The van der Waals surface area contributed by atoms with Crippen LogP contribution in [0.15, 0.2) is 23.1 Å². The van der Waals surface area contributed by atoms with Gasteiger partial charge in [-0.2, -0.15) is 0 Å². The fourth-order valence-corrected chi connectivity index (χ4v) is 4.57. The number of hydrogen-bond donors (Lipinski definition) is 2. The van der Waals surface area contributed by atoms with Gasteiger partial charge in [-0.3, -0.25) is 4.79 Å². The average molecular weight is 294 g/mol. The van der Waals surface area contributed by atoms with Gasteiger partial charge in [-0.25, -0.2) is 8.42 Å². The topological polar surface area (TPSA) is 89.3 Å². The highest BCUT2D eigenvalue weighted by atomic mass is 32.2. The summed E-state index contributed by atoms with van der Waals surface area (Å²) in [6, 6.07) is 5.23. The first kappa shape index (κ1) is 13.6. The second-order valence-electron chi connectivity index (χ2n) is 5.65. The maximum atomic E-state index is 12.1. The summed E-state index contributed by atoms with van der Waals surface area (Å²) >= 11 is 0. The van der Waals surface area contributed by atoms with Crippen molar-refractivity contribution in [1.82, 2.24) is 0 Å². The van der Waals surface area contributed by atoms with Gasteiger partial charge in [-0.1, -0.05) is 6.07 Å². The minimum Gasteiger partial charge on any atom is -0.328 e. The van der Waals surface area contributed by atoms with E-state index in [1.54, 1.807) is 18.2 Å². The number of rotatable bonds is 2. The number of aryl methyl sites for hydroxylation is 1. The summed E-state index contributed by atoms with van der Waals surface area (Å²) in [5.74, 6) is 0.0418. The molecule has 3 rings (SSSR count). The molecule has 1 aliphatic heterocycles. The third-order valence-corrected chi connectivity index (χ3v) is 5.95. The quantitative estimate of drug-likeness (QED) is 0.854. The van der Waals surface area contributed by atoms with E-state index < -0.39 is 9.84 Å². The highest BCUT2D eigenvalue weighted by molar-refractivity contribution is 7.91. The fraction of sp³-hybridized carbons (Fsp3) is 0.500. The van der Waals surface area contributed by atoms with Gasteiger partial charge in [0.2, 0.25) is 5.91 Å². The van der Waals surface area contributed by atoms with Crippen LogP contribution in [0.2, 0.25) is 0 Å². The van der Waals surface area contributed by atoms with Crippen LogP contribution >= 0.6 is 0 Å². The predicted octanol–water partition coefficient (Wildman–Crippen LogP) is 1.08. The van der Waals surface area contributed by atoms with Crippen molar-refractivity contribution < 1.29 is 13.2 Å². The zero-order valence-electron chi connectivity index (χ0n) is 11.1. The fourth-order valence-electron chi connectivity index (χ4n) is 2.98. The Hall–Kier alpha value is -1.40. The number of nitrogens with one attached hydrogen (secondary N) is 1. The van der Waals surface area contributed by atoms with Crippen molar-refractivity contribution in [3.8, 4) is 0 Å². The van der Waals surface area contributed by atoms with Crippen LogP contribution in [0.3, 0.4) is 0 Å². The van der Waals surface area contributed by atoms with Gasteiger partial charge < -0.3 is 11.1 Å². The van der Waals surface area contributed by atoms with E-state index >= 15 is 0 Å². The van der Waals surface area contributed by atoms with Gasteiger partial charge in [-0.15, -0.1) is 0 Å². The number of fused-ring (bicyclic) bond motifs is 1. The van der Waals surface area contributed by atoms with Gasteiger partial charge in [0.05, 0.1) is 10.6 Å². The molecule has 20 heavy (non-hydrogen) atoms. The van der Waals surface area contributed by atoms with Crippen LogP contribution in [0.4, 0.5) is 5.69 Å². The van der Waals surface area contributed by atoms with E-state index in [0.717, 1.165) is 18.4 Å². The molecule has 108 valence electrons. The lowest BCUT2D eigenvalue weighted by Gasteiger charge is -2.11. The molecule has 1 aromatic rings. The first-order valence-corrected chi connectivity index (χ1v) is 8.53. The minimum atomic E-state index is -3.16. The molecule has 0 saturated heterocycles. The summed E-state index contributed by atoms with van der Waals surface area (Å²) in [6.07, 6.45) is 2.94. The summed E-state index contributed by atoms with van der Waals surface area (Å²) in [6.45, 7) is 0. The lowest BCUT2D eigenvalue weighted by atomic mass is 10.1. The van der Waals surface area contributed by atoms with Crippen LogP contribution in [-0.4, -0.2) is 26.1 Å². The Bertz CT molecular complexity index is 654. The molecule has 0 radical (unpaired) electrons. The third kappa shape index (κ3) is 2.45. The molecule has 2 aliphatic rings. The Kier molecular flexibility index (Phi) is 3.30. The molecule has 2 atom stereocenters. The predicted molar refractivity (Wildman–Crippen MR) is 76.1 cm³/mol. The molecule has 1 aliphatic carbocycles. The summed E-state index contributed by atoms with van der Waals surface area (Å²) in [5.41, 5.74) is 7.20. The second-order valence-corrected chi connectivity index (χ2v) is 7.73. The maximum Gasteiger partial charge on any atom is 0.227 e. The van der Waals surface area contributed by atoms with E-state index in [1.165, 1.54) is 0 Å². The van der Waals surface area contributed by atoms with Crippen molar-refractivity contribution in [1.29, 1.82) is 0 Å². The maximum absolute atomic E-state index is 12.1. The summed E-state index contributed by atoms with van der Waals surface area (Å²) in [5, 5.41) is 2.81. The Morgan fingerprint density at radius 3 is 2.80 bits per heavy atom. The van der Waals surface area contributed by atoms with Crippen LogP contribution in [0, 0.1) is 5.92 Å².